The van der Waals surface area contributed by atoms with Gasteiger partial charge in [-0.05, 0) is 40.5 Å². The number of likely N-dealkylation sites (tertiary alicyclic amines) is 1. The minimum Gasteiger partial charge on any atom is -0.444 e. The van der Waals surface area contributed by atoms with E-state index in [2.05, 4.69) is 6.07 Å². The van der Waals surface area contributed by atoms with E-state index < -0.39 is 11.0 Å². The van der Waals surface area contributed by atoms with Gasteiger partial charge in [-0.3, -0.25) is 0 Å². The Hall–Kier alpha value is -1.24. The highest BCUT2D eigenvalue weighted by atomic mass is 16.6. The predicted octanol–water partition coefficient (Wildman–Crippen LogP) is 2.55. The van der Waals surface area contributed by atoms with E-state index in [4.69, 9.17) is 10.00 Å². The molecule has 1 fully saturated rings. The Labute approximate surface area is 97.2 Å². The van der Waals surface area contributed by atoms with Gasteiger partial charge in [0.05, 0.1) is 11.5 Å². The number of carbonyl (C=O) groups is 1. The molecule has 1 aliphatic rings. The second-order valence-electron chi connectivity index (χ2n) is 5.68. The lowest BCUT2D eigenvalue weighted by atomic mass is 9.84. The van der Waals surface area contributed by atoms with Crippen molar-refractivity contribution in [2.45, 2.75) is 46.1 Å². The fourth-order valence-electron chi connectivity index (χ4n) is 1.81. The van der Waals surface area contributed by atoms with Crippen LogP contribution in [0.5, 0.6) is 0 Å². The van der Waals surface area contributed by atoms with Gasteiger partial charge in [0.1, 0.15) is 5.60 Å². The van der Waals surface area contributed by atoms with Crippen LogP contribution in [-0.2, 0) is 4.74 Å². The Morgan fingerprint density at radius 3 is 2.62 bits per heavy atom. The Bertz CT molecular complexity index is 314. The summed E-state index contributed by atoms with van der Waals surface area (Å²) in [5, 5.41) is 9.05. The average Bonchev–Trinajstić information content (AvgIpc) is 2.15. The molecule has 1 aliphatic heterocycles. The fraction of sp³-hybridized carbons (Fsp3) is 0.833. The molecule has 0 N–H and O–H groups in total. The standard InChI is InChI=1S/C12H20N2O2/c1-11(2,3)16-10(15)14-7-5-6-12(4,8-13)9-14/h5-7,9H2,1-4H3. The summed E-state index contributed by atoms with van der Waals surface area (Å²) in [4.78, 5) is 13.4. The summed E-state index contributed by atoms with van der Waals surface area (Å²) in [7, 11) is 0. The van der Waals surface area contributed by atoms with Crippen molar-refractivity contribution >= 4 is 6.09 Å². The van der Waals surface area contributed by atoms with Gasteiger partial charge >= 0.3 is 6.09 Å². The summed E-state index contributed by atoms with van der Waals surface area (Å²) in [5.74, 6) is 0. The minimum atomic E-state index is -0.475. The first-order valence-corrected chi connectivity index (χ1v) is 5.65. The van der Waals surface area contributed by atoms with Gasteiger partial charge in [0, 0.05) is 13.1 Å². The van der Waals surface area contributed by atoms with Crippen molar-refractivity contribution in [3.63, 3.8) is 0 Å². The first-order chi connectivity index (χ1) is 7.26. The van der Waals surface area contributed by atoms with Gasteiger partial charge < -0.3 is 9.64 Å². The summed E-state index contributed by atoms with van der Waals surface area (Å²) in [6.45, 7) is 8.59. The third kappa shape index (κ3) is 3.41. The number of carbonyl (C=O) groups excluding carboxylic acids is 1. The number of piperidine rings is 1. The van der Waals surface area contributed by atoms with E-state index in [1.54, 1.807) is 4.90 Å². The molecule has 1 saturated heterocycles. The molecular weight excluding hydrogens is 204 g/mol. The first kappa shape index (κ1) is 12.8. The van der Waals surface area contributed by atoms with Crippen LogP contribution < -0.4 is 0 Å². The van der Waals surface area contributed by atoms with Crippen LogP contribution in [0.3, 0.4) is 0 Å². The van der Waals surface area contributed by atoms with Crippen LogP contribution in [0.1, 0.15) is 40.5 Å². The molecule has 0 aromatic rings. The highest BCUT2D eigenvalue weighted by Gasteiger charge is 2.34. The van der Waals surface area contributed by atoms with Crippen LogP contribution in [0.2, 0.25) is 0 Å². The van der Waals surface area contributed by atoms with Gasteiger partial charge in [-0.25, -0.2) is 4.79 Å². The molecule has 16 heavy (non-hydrogen) atoms. The summed E-state index contributed by atoms with van der Waals surface area (Å²) in [6.07, 6.45) is 1.40. The van der Waals surface area contributed by atoms with Gasteiger partial charge in [-0.15, -0.1) is 0 Å². The monoisotopic (exact) mass is 224 g/mol. The first-order valence-electron chi connectivity index (χ1n) is 5.65. The van der Waals surface area contributed by atoms with E-state index >= 15 is 0 Å². The summed E-state index contributed by atoms with van der Waals surface area (Å²) in [5.41, 5.74) is -0.896. The van der Waals surface area contributed by atoms with Crippen LogP contribution in [0.15, 0.2) is 0 Å². The molecule has 1 atom stereocenters. The van der Waals surface area contributed by atoms with Crippen LogP contribution in [0, 0.1) is 16.7 Å². The molecular formula is C12H20N2O2. The predicted molar refractivity (Wildman–Crippen MR) is 60.8 cm³/mol. The van der Waals surface area contributed by atoms with Crippen LogP contribution in [-0.4, -0.2) is 29.7 Å². The molecule has 1 rings (SSSR count). The smallest absolute Gasteiger partial charge is 0.410 e. The number of hydrogen-bond acceptors (Lipinski definition) is 3. The molecule has 0 aliphatic carbocycles. The zero-order valence-electron chi connectivity index (χ0n) is 10.5. The quantitative estimate of drug-likeness (QED) is 0.635. The van der Waals surface area contributed by atoms with E-state index in [-0.39, 0.29) is 6.09 Å². The second kappa shape index (κ2) is 4.32. The van der Waals surface area contributed by atoms with Crippen molar-refractivity contribution < 1.29 is 9.53 Å². The molecule has 4 heteroatoms. The van der Waals surface area contributed by atoms with Crippen molar-refractivity contribution in [2.24, 2.45) is 5.41 Å². The summed E-state index contributed by atoms with van der Waals surface area (Å²) >= 11 is 0. The maximum absolute atomic E-state index is 11.8. The third-order valence-electron chi connectivity index (χ3n) is 2.62. The lowest BCUT2D eigenvalue weighted by Gasteiger charge is -2.36. The Kier molecular flexibility index (Phi) is 3.47. The van der Waals surface area contributed by atoms with Gasteiger partial charge in [0.25, 0.3) is 0 Å². The van der Waals surface area contributed by atoms with Crippen molar-refractivity contribution in [3.8, 4) is 6.07 Å². The number of hydrogen-bond donors (Lipinski definition) is 0. The van der Waals surface area contributed by atoms with Crippen molar-refractivity contribution in [1.29, 1.82) is 5.26 Å². The molecule has 1 heterocycles. The largest absolute Gasteiger partial charge is 0.444 e. The zero-order valence-corrected chi connectivity index (χ0v) is 10.5. The van der Waals surface area contributed by atoms with Gasteiger partial charge in [-0.1, -0.05) is 0 Å². The molecule has 0 aromatic carbocycles. The van der Waals surface area contributed by atoms with Crippen molar-refractivity contribution in [3.05, 3.63) is 0 Å². The van der Waals surface area contributed by atoms with E-state index in [9.17, 15) is 4.79 Å². The van der Waals surface area contributed by atoms with Gasteiger partial charge in [0.2, 0.25) is 0 Å². The lowest BCUT2D eigenvalue weighted by molar-refractivity contribution is 0.0127. The maximum Gasteiger partial charge on any atom is 0.410 e. The minimum absolute atomic E-state index is 0.311. The molecule has 0 saturated carbocycles. The SMILES string of the molecule is CC1(C#N)CCCN(C(=O)OC(C)(C)C)C1. The molecule has 4 nitrogen and oxygen atoms in total. The summed E-state index contributed by atoms with van der Waals surface area (Å²) < 4.78 is 5.29. The van der Waals surface area contributed by atoms with E-state index in [1.807, 2.05) is 27.7 Å². The zero-order chi connectivity index (χ0) is 12.4. The van der Waals surface area contributed by atoms with Gasteiger partial charge in [-0.2, -0.15) is 5.26 Å². The maximum atomic E-state index is 11.8. The number of nitriles is 1. The molecule has 1 unspecified atom stereocenters. The van der Waals surface area contributed by atoms with E-state index in [0.29, 0.717) is 13.1 Å². The normalized spacial score (nSPS) is 26.1. The Morgan fingerprint density at radius 1 is 1.50 bits per heavy atom. The number of rotatable bonds is 0. The molecule has 0 aromatic heterocycles. The van der Waals surface area contributed by atoms with Crippen molar-refractivity contribution in [1.82, 2.24) is 4.90 Å². The average molecular weight is 224 g/mol. The van der Waals surface area contributed by atoms with E-state index in [1.165, 1.54) is 0 Å². The fourth-order valence-corrected chi connectivity index (χ4v) is 1.81. The Morgan fingerprint density at radius 2 is 2.12 bits per heavy atom. The number of ether oxygens (including phenoxy) is 1. The van der Waals surface area contributed by atoms with Crippen LogP contribution in [0.4, 0.5) is 4.79 Å². The third-order valence-corrected chi connectivity index (χ3v) is 2.62. The van der Waals surface area contributed by atoms with Crippen molar-refractivity contribution in [2.75, 3.05) is 13.1 Å². The molecule has 0 radical (unpaired) electrons. The van der Waals surface area contributed by atoms with Crippen LogP contribution in [0.25, 0.3) is 0 Å². The molecule has 1 amide bonds. The molecule has 0 spiro atoms. The second-order valence-corrected chi connectivity index (χ2v) is 5.68. The summed E-state index contributed by atoms with van der Waals surface area (Å²) in [6, 6.07) is 2.28. The number of nitrogens with zero attached hydrogens (tertiary/aromatic N) is 2. The lowest BCUT2D eigenvalue weighted by Crippen LogP contribution is -2.46. The van der Waals surface area contributed by atoms with Gasteiger partial charge in [0.15, 0.2) is 0 Å². The molecule has 0 bridgehead atoms. The van der Waals surface area contributed by atoms with E-state index in [0.717, 1.165) is 12.8 Å². The molecule has 90 valence electrons. The Balaban J connectivity index is 2.62. The highest BCUT2D eigenvalue weighted by molar-refractivity contribution is 5.68. The highest BCUT2D eigenvalue weighted by Crippen LogP contribution is 2.29. The number of amides is 1. The van der Waals surface area contributed by atoms with Crippen LogP contribution >= 0.6 is 0 Å². The topological polar surface area (TPSA) is 53.3 Å².